The van der Waals surface area contributed by atoms with Crippen molar-refractivity contribution in [3.8, 4) is 0 Å². The maximum absolute atomic E-state index is 11.6. The van der Waals surface area contributed by atoms with Gasteiger partial charge in [0.25, 0.3) is 0 Å². The number of benzodiazepines with no additional fused rings is 1. The molecule has 1 aliphatic heterocycles. The Hall–Kier alpha value is -2.95. The second-order valence-electron chi connectivity index (χ2n) is 6.80. The topological polar surface area (TPSA) is 78.8 Å². The molecule has 2 aliphatic rings. The molecule has 5 heteroatoms. The average molecular weight is 364 g/mol. The summed E-state index contributed by atoms with van der Waals surface area (Å²) in [6.07, 6.45) is 5.24. The molecule has 140 valence electrons. The Labute approximate surface area is 159 Å². The fourth-order valence-corrected chi connectivity index (χ4v) is 3.42. The molecular weight excluding hydrogens is 340 g/mol. The van der Waals surface area contributed by atoms with Gasteiger partial charge >= 0.3 is 5.97 Å². The summed E-state index contributed by atoms with van der Waals surface area (Å²) in [5.74, 6) is -0.707. The molecule has 4 rings (SSSR count). The number of hydrogen-bond donors (Lipinski definition) is 2. The molecule has 0 saturated heterocycles. The lowest BCUT2D eigenvalue weighted by Gasteiger charge is -2.16. The van der Waals surface area contributed by atoms with Crippen LogP contribution in [-0.2, 0) is 9.59 Å². The molecule has 1 heterocycles. The van der Waals surface area contributed by atoms with Gasteiger partial charge in [0.05, 0.1) is 17.3 Å². The van der Waals surface area contributed by atoms with Gasteiger partial charge in [0.2, 0.25) is 5.91 Å². The predicted molar refractivity (Wildman–Crippen MR) is 106 cm³/mol. The molecule has 0 radical (unpaired) electrons. The lowest BCUT2D eigenvalue weighted by atomic mass is 9.90. The maximum atomic E-state index is 11.6. The van der Waals surface area contributed by atoms with Gasteiger partial charge in [-0.1, -0.05) is 67.8 Å². The molecule has 2 N–H and O–H groups in total. The Bertz CT molecular complexity index is 824. The first kappa shape index (κ1) is 18.8. The van der Waals surface area contributed by atoms with Crippen LogP contribution >= 0.6 is 0 Å². The van der Waals surface area contributed by atoms with Gasteiger partial charge < -0.3 is 10.4 Å². The van der Waals surface area contributed by atoms with E-state index in [1.54, 1.807) is 0 Å². The fourth-order valence-electron chi connectivity index (χ4n) is 3.42. The summed E-state index contributed by atoms with van der Waals surface area (Å²) in [6, 6.07) is 17.7. The third kappa shape index (κ3) is 5.03. The number of benzene rings is 2. The highest BCUT2D eigenvalue weighted by molar-refractivity contribution is 6.19. The Morgan fingerprint density at radius 3 is 2.30 bits per heavy atom. The van der Waals surface area contributed by atoms with Crippen LogP contribution in [0.15, 0.2) is 59.6 Å². The highest BCUT2D eigenvalue weighted by atomic mass is 16.4. The molecule has 0 aromatic heterocycles. The average Bonchev–Trinajstić information content (AvgIpc) is 2.88. The summed E-state index contributed by atoms with van der Waals surface area (Å²) in [6.45, 7) is 0.166. The molecule has 2 aromatic rings. The number of carboxylic acids is 1. The molecule has 0 unspecified atom stereocenters. The van der Waals surface area contributed by atoms with Crippen LogP contribution in [0.3, 0.4) is 0 Å². The van der Waals surface area contributed by atoms with E-state index < -0.39 is 5.97 Å². The number of nitrogens with one attached hydrogen (secondary N) is 1. The summed E-state index contributed by atoms with van der Waals surface area (Å²) in [5.41, 5.74) is 3.68. The zero-order valence-electron chi connectivity index (χ0n) is 15.2. The Kier molecular flexibility index (Phi) is 6.36. The van der Waals surface area contributed by atoms with Gasteiger partial charge in [-0.15, -0.1) is 0 Å². The number of hydrogen-bond acceptors (Lipinski definition) is 3. The molecular formula is C22H24N2O3. The molecule has 0 spiro atoms. The van der Waals surface area contributed by atoms with Crippen molar-refractivity contribution >= 4 is 23.3 Å². The minimum absolute atomic E-state index is 0.0289. The number of amides is 1. The smallest absolute Gasteiger partial charge is 0.306 e. The Morgan fingerprint density at radius 2 is 1.63 bits per heavy atom. The van der Waals surface area contributed by atoms with Crippen molar-refractivity contribution in [3.63, 3.8) is 0 Å². The van der Waals surface area contributed by atoms with E-state index in [0.29, 0.717) is 0 Å². The van der Waals surface area contributed by atoms with E-state index >= 15 is 0 Å². The normalized spacial score (nSPS) is 16.7. The second-order valence-corrected chi connectivity index (χ2v) is 6.80. The largest absolute Gasteiger partial charge is 0.481 e. The molecule has 1 aliphatic carbocycles. The fraction of sp³-hybridized carbons (Fsp3) is 0.318. The van der Waals surface area contributed by atoms with E-state index in [2.05, 4.69) is 10.3 Å². The van der Waals surface area contributed by atoms with Crippen molar-refractivity contribution in [3.05, 3.63) is 65.7 Å². The number of carbonyl (C=O) groups is 2. The van der Waals surface area contributed by atoms with Crippen LogP contribution in [0.1, 0.15) is 43.2 Å². The van der Waals surface area contributed by atoms with Crippen LogP contribution in [0, 0.1) is 5.92 Å². The van der Waals surface area contributed by atoms with E-state index in [1.165, 1.54) is 6.42 Å². The van der Waals surface area contributed by atoms with Crippen molar-refractivity contribution in [1.82, 2.24) is 0 Å². The number of rotatable bonds is 2. The molecule has 0 atom stereocenters. The van der Waals surface area contributed by atoms with Crippen LogP contribution in [0.4, 0.5) is 5.69 Å². The molecule has 5 nitrogen and oxygen atoms in total. The van der Waals surface area contributed by atoms with Crippen molar-refractivity contribution in [2.24, 2.45) is 10.9 Å². The number of carboxylic acid groups (broad SMARTS) is 1. The number of anilines is 1. The van der Waals surface area contributed by atoms with Gasteiger partial charge in [-0.2, -0.15) is 0 Å². The number of aliphatic imine (C=N–C) groups is 1. The second kappa shape index (κ2) is 9.12. The van der Waals surface area contributed by atoms with Crippen molar-refractivity contribution in [2.45, 2.75) is 32.1 Å². The standard InChI is InChI=1S/C15H12N2O.C7H12O2/c18-14-10-16-15(11-6-2-1-3-7-11)12-8-4-5-9-13(12)17-14;8-7(9)6-4-2-1-3-5-6/h1-9H,10H2,(H,17,18);6H,1-5H2,(H,8,9). The molecule has 1 saturated carbocycles. The summed E-state index contributed by atoms with van der Waals surface area (Å²) in [4.78, 5) is 26.4. The first-order valence-electron chi connectivity index (χ1n) is 9.37. The Balaban J connectivity index is 0.000000197. The van der Waals surface area contributed by atoms with Crippen LogP contribution in [0.25, 0.3) is 0 Å². The number of fused-ring (bicyclic) bond motifs is 1. The summed E-state index contributed by atoms with van der Waals surface area (Å²) < 4.78 is 0. The van der Waals surface area contributed by atoms with Gasteiger partial charge in [0, 0.05) is 11.1 Å². The van der Waals surface area contributed by atoms with Gasteiger partial charge in [-0.3, -0.25) is 14.6 Å². The highest BCUT2D eigenvalue weighted by Gasteiger charge is 2.19. The van der Waals surface area contributed by atoms with Crippen molar-refractivity contribution < 1.29 is 14.7 Å². The number of nitrogens with zero attached hydrogens (tertiary/aromatic N) is 1. The van der Waals surface area contributed by atoms with E-state index in [4.69, 9.17) is 5.11 Å². The first-order chi connectivity index (χ1) is 13.1. The van der Waals surface area contributed by atoms with Crippen molar-refractivity contribution in [2.75, 3.05) is 11.9 Å². The third-order valence-electron chi connectivity index (χ3n) is 4.84. The van der Waals surface area contributed by atoms with Crippen LogP contribution in [0.5, 0.6) is 0 Å². The highest BCUT2D eigenvalue weighted by Crippen LogP contribution is 2.23. The molecule has 27 heavy (non-hydrogen) atoms. The monoisotopic (exact) mass is 364 g/mol. The van der Waals surface area contributed by atoms with Crippen LogP contribution in [-0.4, -0.2) is 29.2 Å². The molecule has 0 bridgehead atoms. The number of carbonyl (C=O) groups excluding carboxylic acids is 1. The summed E-state index contributed by atoms with van der Waals surface area (Å²) in [7, 11) is 0. The number of aliphatic carboxylic acids is 1. The predicted octanol–water partition coefficient (Wildman–Crippen LogP) is 4.13. The minimum Gasteiger partial charge on any atom is -0.481 e. The van der Waals surface area contributed by atoms with E-state index in [9.17, 15) is 9.59 Å². The van der Waals surface area contributed by atoms with E-state index in [0.717, 1.165) is 48.2 Å². The summed E-state index contributed by atoms with van der Waals surface area (Å²) in [5, 5.41) is 11.4. The maximum Gasteiger partial charge on any atom is 0.306 e. The van der Waals surface area contributed by atoms with E-state index in [1.807, 2.05) is 54.6 Å². The summed E-state index contributed by atoms with van der Waals surface area (Å²) >= 11 is 0. The zero-order valence-corrected chi connectivity index (χ0v) is 15.2. The van der Waals surface area contributed by atoms with Gasteiger partial charge in [0.1, 0.15) is 6.54 Å². The quantitative estimate of drug-likeness (QED) is 0.841. The van der Waals surface area contributed by atoms with Crippen LogP contribution < -0.4 is 5.32 Å². The van der Waals surface area contributed by atoms with E-state index in [-0.39, 0.29) is 18.4 Å². The Morgan fingerprint density at radius 1 is 0.963 bits per heavy atom. The third-order valence-corrected chi connectivity index (χ3v) is 4.84. The number of para-hydroxylation sites is 1. The van der Waals surface area contributed by atoms with Gasteiger partial charge in [-0.25, -0.2) is 0 Å². The van der Waals surface area contributed by atoms with Gasteiger partial charge in [0.15, 0.2) is 0 Å². The van der Waals surface area contributed by atoms with Crippen LogP contribution in [0.2, 0.25) is 0 Å². The van der Waals surface area contributed by atoms with Gasteiger partial charge in [-0.05, 0) is 18.9 Å². The molecule has 1 fully saturated rings. The molecule has 2 aromatic carbocycles. The SMILES string of the molecule is O=C(O)C1CCCCC1.O=C1CN=C(c2ccccc2)c2ccccc2N1. The molecule has 1 amide bonds. The lowest BCUT2D eigenvalue weighted by Crippen LogP contribution is -2.16. The lowest BCUT2D eigenvalue weighted by molar-refractivity contribution is -0.142. The zero-order chi connectivity index (χ0) is 19.1. The minimum atomic E-state index is -0.602. The first-order valence-corrected chi connectivity index (χ1v) is 9.37. The van der Waals surface area contributed by atoms with Crippen molar-refractivity contribution in [1.29, 1.82) is 0 Å².